The smallest absolute Gasteiger partial charge is 0.234 e. The Balaban J connectivity index is 2.85. The van der Waals surface area contributed by atoms with Crippen LogP contribution in [0.25, 0.3) is 6.08 Å². The predicted molar refractivity (Wildman–Crippen MR) is 79.9 cm³/mol. The van der Waals surface area contributed by atoms with E-state index in [1.807, 2.05) is 44.2 Å². The lowest BCUT2D eigenvalue weighted by molar-refractivity contribution is 0.365. The van der Waals surface area contributed by atoms with Crippen molar-refractivity contribution in [3.63, 3.8) is 0 Å². The van der Waals surface area contributed by atoms with Gasteiger partial charge >= 0.3 is 0 Å². The van der Waals surface area contributed by atoms with Crippen LogP contribution < -0.4 is 10.5 Å². The highest BCUT2D eigenvalue weighted by atomic mass is 32.2. The zero-order valence-electron chi connectivity index (χ0n) is 11.5. The molecule has 0 radical (unpaired) electrons. The molecule has 0 bridgehead atoms. The molecule has 0 amide bonds. The highest BCUT2D eigenvalue weighted by molar-refractivity contribution is 7.92. The average Bonchev–Trinajstić information content (AvgIpc) is 2.44. The number of benzene rings is 1. The summed E-state index contributed by atoms with van der Waals surface area (Å²) in [6.07, 6.45) is 2.91. The van der Waals surface area contributed by atoms with E-state index in [1.54, 1.807) is 6.08 Å². The summed E-state index contributed by atoms with van der Waals surface area (Å²) in [6.45, 7) is 4.15. The van der Waals surface area contributed by atoms with Gasteiger partial charge in [-0.25, -0.2) is 13.1 Å². The monoisotopic (exact) mass is 282 g/mol. The number of nitrogens with two attached hydrogens (primary N) is 1. The number of hydrogen-bond donors (Lipinski definition) is 2. The Labute approximate surface area is 115 Å². The molecule has 0 spiro atoms. The van der Waals surface area contributed by atoms with Crippen LogP contribution in [0.3, 0.4) is 0 Å². The van der Waals surface area contributed by atoms with Crippen LogP contribution in [0, 0.1) is 0 Å². The van der Waals surface area contributed by atoms with Gasteiger partial charge in [-0.15, -0.1) is 0 Å². The molecule has 19 heavy (non-hydrogen) atoms. The maximum Gasteiger partial charge on any atom is 0.234 e. The summed E-state index contributed by atoms with van der Waals surface area (Å²) in [5.41, 5.74) is 5.98. The number of rotatable bonds is 7. The second-order valence-corrected chi connectivity index (χ2v) is 6.12. The van der Waals surface area contributed by atoms with E-state index < -0.39 is 15.6 Å². The molecule has 5 heteroatoms. The molecule has 0 heterocycles. The summed E-state index contributed by atoms with van der Waals surface area (Å²) in [5, 5.41) is 1.19. The summed E-state index contributed by atoms with van der Waals surface area (Å²) in [4.78, 5) is 0. The summed E-state index contributed by atoms with van der Waals surface area (Å²) in [6, 6.07) is 9.31. The molecule has 0 saturated heterocycles. The van der Waals surface area contributed by atoms with Gasteiger partial charge in [0, 0.05) is 17.5 Å². The minimum atomic E-state index is -3.48. The number of hydrogen-bond acceptors (Lipinski definition) is 3. The molecule has 0 fully saturated rings. The summed E-state index contributed by atoms with van der Waals surface area (Å²) in [7, 11) is -3.48. The van der Waals surface area contributed by atoms with Crippen molar-refractivity contribution in [2.75, 3.05) is 6.54 Å². The molecule has 0 aliphatic rings. The highest BCUT2D eigenvalue weighted by Gasteiger charge is 2.28. The lowest BCUT2D eigenvalue weighted by Gasteiger charge is -2.30. The van der Waals surface area contributed by atoms with Crippen molar-refractivity contribution >= 4 is 16.1 Å². The first-order valence-electron chi connectivity index (χ1n) is 6.44. The molecule has 0 aliphatic carbocycles. The van der Waals surface area contributed by atoms with Crippen LogP contribution in [0.15, 0.2) is 35.7 Å². The topological polar surface area (TPSA) is 72.2 Å². The van der Waals surface area contributed by atoms with Crippen LogP contribution in [0.4, 0.5) is 0 Å². The molecule has 0 aromatic heterocycles. The summed E-state index contributed by atoms with van der Waals surface area (Å²) in [5.74, 6) is 0. The van der Waals surface area contributed by atoms with Gasteiger partial charge in [-0.05, 0) is 24.5 Å². The van der Waals surface area contributed by atoms with Crippen molar-refractivity contribution in [3.8, 4) is 0 Å². The summed E-state index contributed by atoms with van der Waals surface area (Å²) < 4.78 is 26.8. The first kappa shape index (κ1) is 15.9. The lowest BCUT2D eigenvalue weighted by Crippen LogP contribution is -2.52. The Morgan fingerprint density at radius 2 is 1.79 bits per heavy atom. The fourth-order valence-electron chi connectivity index (χ4n) is 1.79. The van der Waals surface area contributed by atoms with Gasteiger partial charge in [0.15, 0.2) is 0 Å². The van der Waals surface area contributed by atoms with Crippen molar-refractivity contribution in [1.82, 2.24) is 4.72 Å². The van der Waals surface area contributed by atoms with Crippen LogP contribution in [0.5, 0.6) is 0 Å². The average molecular weight is 282 g/mol. The van der Waals surface area contributed by atoms with Crippen molar-refractivity contribution in [2.24, 2.45) is 5.73 Å². The van der Waals surface area contributed by atoms with Crippen LogP contribution in [0.1, 0.15) is 32.3 Å². The Hall–Kier alpha value is -1.17. The number of nitrogens with one attached hydrogen (secondary N) is 1. The third kappa shape index (κ3) is 4.78. The second-order valence-electron chi connectivity index (χ2n) is 4.55. The van der Waals surface area contributed by atoms with E-state index in [2.05, 4.69) is 4.72 Å². The van der Waals surface area contributed by atoms with Crippen LogP contribution in [-0.2, 0) is 10.0 Å². The van der Waals surface area contributed by atoms with Crippen molar-refractivity contribution < 1.29 is 8.42 Å². The molecule has 4 nitrogen and oxygen atoms in total. The molecule has 0 unspecified atom stereocenters. The normalized spacial score (nSPS) is 13.0. The van der Waals surface area contributed by atoms with Gasteiger partial charge in [-0.3, -0.25) is 0 Å². The minimum absolute atomic E-state index is 0.290. The molecule has 106 valence electrons. The lowest BCUT2D eigenvalue weighted by atomic mass is 9.95. The van der Waals surface area contributed by atoms with E-state index in [0.29, 0.717) is 19.4 Å². The zero-order chi connectivity index (χ0) is 14.4. The van der Waals surface area contributed by atoms with E-state index in [4.69, 9.17) is 5.73 Å². The fourth-order valence-corrected chi connectivity index (χ4v) is 3.17. The largest absolute Gasteiger partial charge is 0.329 e. The van der Waals surface area contributed by atoms with E-state index in [-0.39, 0.29) is 0 Å². The molecule has 0 saturated carbocycles. The van der Waals surface area contributed by atoms with Gasteiger partial charge < -0.3 is 5.73 Å². The van der Waals surface area contributed by atoms with Gasteiger partial charge in [0.05, 0.1) is 0 Å². The quantitative estimate of drug-likeness (QED) is 0.804. The van der Waals surface area contributed by atoms with Gasteiger partial charge in [0.2, 0.25) is 10.0 Å². The van der Waals surface area contributed by atoms with Crippen molar-refractivity contribution in [2.45, 2.75) is 32.2 Å². The zero-order valence-corrected chi connectivity index (χ0v) is 12.3. The second kappa shape index (κ2) is 6.84. The number of sulfonamides is 1. The Morgan fingerprint density at radius 3 is 2.26 bits per heavy atom. The SMILES string of the molecule is CCC(CC)(CN)NS(=O)(=O)C=Cc1ccccc1. The van der Waals surface area contributed by atoms with E-state index in [9.17, 15) is 8.42 Å². The summed E-state index contributed by atoms with van der Waals surface area (Å²) >= 11 is 0. The van der Waals surface area contributed by atoms with Crippen molar-refractivity contribution in [1.29, 1.82) is 0 Å². The predicted octanol–water partition coefficient (Wildman–Crippen LogP) is 2.09. The molecule has 1 rings (SSSR count). The first-order chi connectivity index (χ1) is 8.97. The van der Waals surface area contributed by atoms with Crippen LogP contribution in [-0.4, -0.2) is 20.5 Å². The molecule has 1 aromatic rings. The first-order valence-corrected chi connectivity index (χ1v) is 7.99. The van der Waals surface area contributed by atoms with Crippen molar-refractivity contribution in [3.05, 3.63) is 41.3 Å². The highest BCUT2D eigenvalue weighted by Crippen LogP contribution is 2.15. The third-order valence-corrected chi connectivity index (χ3v) is 4.55. The van der Waals surface area contributed by atoms with Crippen LogP contribution >= 0.6 is 0 Å². The molecular formula is C14H22N2O2S. The standard InChI is InChI=1S/C14H22N2O2S/c1-3-14(4-2,12-15)16-19(17,18)11-10-13-8-6-5-7-9-13/h5-11,16H,3-4,12,15H2,1-2H3. The van der Waals surface area contributed by atoms with Gasteiger partial charge in [-0.1, -0.05) is 44.2 Å². The third-order valence-electron chi connectivity index (χ3n) is 3.34. The molecule has 0 aliphatic heterocycles. The Bertz CT molecular complexity index is 497. The molecule has 0 atom stereocenters. The van der Waals surface area contributed by atoms with Gasteiger partial charge in [0.25, 0.3) is 0 Å². The van der Waals surface area contributed by atoms with E-state index >= 15 is 0 Å². The van der Waals surface area contributed by atoms with E-state index in [1.165, 1.54) is 5.41 Å². The Morgan fingerprint density at radius 1 is 1.21 bits per heavy atom. The van der Waals surface area contributed by atoms with Gasteiger partial charge in [-0.2, -0.15) is 0 Å². The maximum absolute atomic E-state index is 12.0. The minimum Gasteiger partial charge on any atom is -0.329 e. The van der Waals surface area contributed by atoms with E-state index in [0.717, 1.165) is 5.56 Å². The maximum atomic E-state index is 12.0. The molecular weight excluding hydrogens is 260 g/mol. The molecule has 1 aromatic carbocycles. The molecule has 3 N–H and O–H groups in total. The fraction of sp³-hybridized carbons (Fsp3) is 0.429. The Kier molecular flexibility index (Phi) is 5.72. The van der Waals surface area contributed by atoms with Gasteiger partial charge in [0.1, 0.15) is 0 Å². The van der Waals surface area contributed by atoms with Crippen LogP contribution in [0.2, 0.25) is 0 Å².